The molecule has 1 aliphatic rings. The fourth-order valence-corrected chi connectivity index (χ4v) is 9.45. The maximum Gasteiger partial charge on any atom is 0.243 e. The van der Waals surface area contributed by atoms with Crippen LogP contribution in [0.25, 0.3) is 0 Å². The van der Waals surface area contributed by atoms with E-state index in [-0.39, 0.29) is 95.8 Å². The SMILES string of the molecule is CCCCCCC[C@@H](O)CC(=O)N[C@H](Cc1cccnc1)C(=O)C[C@H]1CCNC(=O)[C@H](CC(C)C)NC(=O)[C@H](CCN)NC(=O)[C@H](CCN)NC(=O)[C@H](CC(C)C)NC(=O)[C@@H](Cc2ccccc2)CC(=O)[C@H](CCN)NC1=O. The number of pyridine rings is 1. The van der Waals surface area contributed by atoms with Gasteiger partial charge in [0.25, 0.3) is 0 Å². The number of benzene rings is 1. The summed E-state index contributed by atoms with van der Waals surface area (Å²) >= 11 is 0. The highest BCUT2D eigenvalue weighted by Crippen LogP contribution is 2.20. The molecule has 1 saturated heterocycles. The number of hydrogen-bond acceptors (Lipinski definition) is 14. The number of carbonyl (C=O) groups is 9. The van der Waals surface area contributed by atoms with Crippen molar-refractivity contribution >= 4 is 52.9 Å². The zero-order valence-corrected chi connectivity index (χ0v) is 46.7. The van der Waals surface area contributed by atoms with Gasteiger partial charge in [0, 0.05) is 50.0 Å². The van der Waals surface area contributed by atoms with Crippen molar-refractivity contribution in [1.82, 2.24) is 42.2 Å². The summed E-state index contributed by atoms with van der Waals surface area (Å²) in [6.07, 6.45) is 6.37. The number of hydrogen-bond donors (Lipinski definition) is 11. The molecule has 2 aromatic rings. The molecule has 434 valence electrons. The van der Waals surface area contributed by atoms with Crippen molar-refractivity contribution in [2.45, 2.75) is 186 Å². The lowest BCUT2D eigenvalue weighted by Crippen LogP contribution is -2.59. The lowest BCUT2D eigenvalue weighted by molar-refractivity contribution is -0.136. The third-order valence-electron chi connectivity index (χ3n) is 13.7. The lowest BCUT2D eigenvalue weighted by atomic mass is 9.89. The smallest absolute Gasteiger partial charge is 0.243 e. The number of aliphatic hydroxyl groups excluding tert-OH is 1. The van der Waals surface area contributed by atoms with Crippen LogP contribution >= 0.6 is 0 Å². The predicted octanol–water partition coefficient (Wildman–Crippen LogP) is 1.70. The standard InChI is InChI=1S/C57H91N11O10/c1-6-7-8-9-13-18-42(69)34-51(72)63-46(31-39-17-14-26-61-35-39)50(71)32-40-22-27-62-54(75)47(28-36(2)3)68-56(77)45(21-25-60)65-55(76)44(20-24-59)66-57(78)48(29-37(4)5)67-53(74)41(30-38-15-11-10-12-16-38)33-49(70)43(19-23-58)64-52(40)73/h10-12,14-17,26,35-37,40-48,69H,6-9,13,18-25,27-34,58-60H2,1-5H3,(H,62,75)(H,63,72)(H,64,73)(H,65,76)(H,66,78)(H,67,74)(H,68,77)/t40-,41+,42-,43+,44+,45+,46-,47+,48+/m1/s1. The average Bonchev–Trinajstić information content (AvgIpc) is 3.39. The van der Waals surface area contributed by atoms with E-state index in [0.29, 0.717) is 17.5 Å². The van der Waals surface area contributed by atoms with E-state index in [9.17, 15) is 48.3 Å². The topological polar surface area (TPSA) is 349 Å². The summed E-state index contributed by atoms with van der Waals surface area (Å²) in [4.78, 5) is 132. The Bertz CT molecular complexity index is 2200. The molecule has 14 N–H and O–H groups in total. The summed E-state index contributed by atoms with van der Waals surface area (Å²) in [5.74, 6) is -8.34. The van der Waals surface area contributed by atoms with Gasteiger partial charge in [0.1, 0.15) is 24.2 Å². The number of carbonyl (C=O) groups excluding carboxylic acids is 9. The number of nitrogens with zero attached hydrogens (tertiary/aromatic N) is 1. The summed E-state index contributed by atoms with van der Waals surface area (Å²) in [5, 5.41) is 30.2. The number of amides is 7. The number of rotatable bonds is 26. The Hall–Kier alpha value is -6.16. The molecule has 1 aromatic heterocycles. The van der Waals surface area contributed by atoms with Crippen molar-refractivity contribution in [1.29, 1.82) is 0 Å². The molecule has 0 aliphatic carbocycles. The third kappa shape index (κ3) is 24.7. The van der Waals surface area contributed by atoms with Crippen molar-refractivity contribution in [2.24, 2.45) is 40.9 Å². The molecule has 0 unspecified atom stereocenters. The minimum absolute atomic E-state index is 0.00526. The van der Waals surface area contributed by atoms with Crippen LogP contribution in [0.2, 0.25) is 0 Å². The first-order valence-corrected chi connectivity index (χ1v) is 28.1. The highest BCUT2D eigenvalue weighted by atomic mass is 16.3. The van der Waals surface area contributed by atoms with E-state index in [0.717, 1.165) is 32.1 Å². The molecule has 7 amide bonds. The number of unbranched alkanes of at least 4 members (excludes halogenated alkanes) is 4. The van der Waals surface area contributed by atoms with E-state index >= 15 is 0 Å². The molecular formula is C57H91N11O10. The Morgan fingerprint density at radius 1 is 0.654 bits per heavy atom. The Morgan fingerprint density at radius 2 is 1.18 bits per heavy atom. The van der Waals surface area contributed by atoms with Crippen LogP contribution in [-0.2, 0) is 56.0 Å². The van der Waals surface area contributed by atoms with E-state index in [4.69, 9.17) is 17.2 Å². The van der Waals surface area contributed by atoms with Gasteiger partial charge in [-0.15, -0.1) is 0 Å². The second-order valence-electron chi connectivity index (χ2n) is 21.5. The van der Waals surface area contributed by atoms with Crippen LogP contribution in [0.4, 0.5) is 0 Å². The number of Topliss-reactive ketones (excluding diaryl/α,β-unsaturated/α-hetero) is 2. The maximum atomic E-state index is 14.7. The van der Waals surface area contributed by atoms with E-state index in [1.807, 2.05) is 27.7 Å². The fourth-order valence-electron chi connectivity index (χ4n) is 9.45. The molecule has 2 heterocycles. The summed E-state index contributed by atoms with van der Waals surface area (Å²) in [5.41, 5.74) is 19.2. The highest BCUT2D eigenvalue weighted by Gasteiger charge is 2.36. The molecule has 21 nitrogen and oxygen atoms in total. The zero-order chi connectivity index (χ0) is 57.6. The Balaban J connectivity index is 2.13. The average molecular weight is 1090 g/mol. The second-order valence-corrected chi connectivity index (χ2v) is 21.5. The lowest BCUT2D eigenvalue weighted by Gasteiger charge is -2.28. The van der Waals surface area contributed by atoms with Crippen molar-refractivity contribution in [2.75, 3.05) is 26.2 Å². The minimum atomic E-state index is -1.25. The molecule has 78 heavy (non-hydrogen) atoms. The zero-order valence-electron chi connectivity index (χ0n) is 46.7. The van der Waals surface area contributed by atoms with Crippen molar-refractivity contribution < 1.29 is 48.3 Å². The van der Waals surface area contributed by atoms with Crippen LogP contribution in [0.1, 0.15) is 142 Å². The first-order chi connectivity index (χ1) is 37.3. The largest absolute Gasteiger partial charge is 0.393 e. The van der Waals surface area contributed by atoms with E-state index < -0.39 is 120 Å². The van der Waals surface area contributed by atoms with Gasteiger partial charge in [-0.1, -0.05) is 103 Å². The molecule has 9 atom stereocenters. The van der Waals surface area contributed by atoms with Gasteiger partial charge in [-0.05, 0) is 100 Å². The minimum Gasteiger partial charge on any atom is -0.393 e. The highest BCUT2D eigenvalue weighted by molar-refractivity contribution is 5.98. The maximum absolute atomic E-state index is 14.7. The van der Waals surface area contributed by atoms with Crippen molar-refractivity contribution in [3.63, 3.8) is 0 Å². The number of aliphatic hydroxyl groups is 1. The summed E-state index contributed by atoms with van der Waals surface area (Å²) in [6, 6.07) is 5.15. The van der Waals surface area contributed by atoms with Crippen molar-refractivity contribution in [3.05, 3.63) is 66.0 Å². The van der Waals surface area contributed by atoms with Crippen LogP contribution in [0.15, 0.2) is 54.9 Å². The number of ketones is 2. The van der Waals surface area contributed by atoms with Gasteiger partial charge in [-0.2, -0.15) is 0 Å². The van der Waals surface area contributed by atoms with Gasteiger partial charge < -0.3 is 59.5 Å². The van der Waals surface area contributed by atoms with Gasteiger partial charge in [-0.25, -0.2) is 0 Å². The van der Waals surface area contributed by atoms with Gasteiger partial charge in [-0.3, -0.25) is 48.1 Å². The van der Waals surface area contributed by atoms with Crippen LogP contribution in [0.5, 0.6) is 0 Å². The number of aromatic nitrogens is 1. The van der Waals surface area contributed by atoms with Crippen LogP contribution in [0, 0.1) is 23.7 Å². The monoisotopic (exact) mass is 1090 g/mol. The molecule has 1 aliphatic heterocycles. The van der Waals surface area contributed by atoms with Gasteiger partial charge in [0.15, 0.2) is 11.6 Å². The van der Waals surface area contributed by atoms with Gasteiger partial charge in [0.2, 0.25) is 41.4 Å². The molecule has 0 spiro atoms. The summed E-state index contributed by atoms with van der Waals surface area (Å²) in [7, 11) is 0. The first kappa shape index (κ1) is 66.1. The molecule has 21 heteroatoms. The van der Waals surface area contributed by atoms with E-state index in [2.05, 4.69) is 49.1 Å². The number of nitrogens with one attached hydrogen (secondary N) is 7. The Labute approximate surface area is 461 Å². The van der Waals surface area contributed by atoms with Gasteiger partial charge in [0.05, 0.1) is 24.6 Å². The molecule has 0 bridgehead atoms. The normalized spacial score (nSPS) is 22.6. The molecule has 3 rings (SSSR count). The predicted molar refractivity (Wildman–Crippen MR) is 297 cm³/mol. The van der Waals surface area contributed by atoms with Crippen LogP contribution in [-0.4, -0.2) is 132 Å². The fraction of sp³-hybridized carbons (Fsp3) is 0.649. The molecule has 1 aromatic carbocycles. The molecule has 0 saturated carbocycles. The van der Waals surface area contributed by atoms with E-state index in [1.54, 1.807) is 54.9 Å². The Kier molecular flexibility index (Phi) is 30.6. The third-order valence-corrected chi connectivity index (χ3v) is 13.7. The second kappa shape index (κ2) is 36.1. The first-order valence-electron chi connectivity index (χ1n) is 28.1. The quantitative estimate of drug-likeness (QED) is 0.0598. The summed E-state index contributed by atoms with van der Waals surface area (Å²) in [6.45, 7) is 9.19. The molecule has 0 radical (unpaired) electrons. The number of nitrogens with two attached hydrogens (primary N) is 3. The van der Waals surface area contributed by atoms with Gasteiger partial charge >= 0.3 is 0 Å². The summed E-state index contributed by atoms with van der Waals surface area (Å²) < 4.78 is 0. The molecule has 1 fully saturated rings. The Morgan fingerprint density at radius 3 is 1.76 bits per heavy atom. The van der Waals surface area contributed by atoms with Crippen LogP contribution in [0.3, 0.4) is 0 Å². The van der Waals surface area contributed by atoms with E-state index in [1.165, 1.54) is 0 Å². The van der Waals surface area contributed by atoms with Crippen molar-refractivity contribution in [3.8, 4) is 0 Å². The van der Waals surface area contributed by atoms with Crippen LogP contribution < -0.4 is 54.4 Å². The molecular weight excluding hydrogens is 999 g/mol.